The summed E-state index contributed by atoms with van der Waals surface area (Å²) in [5, 5.41) is 0. The van der Waals surface area contributed by atoms with Gasteiger partial charge in [0.15, 0.2) is 9.84 Å². The molecule has 1 aliphatic heterocycles. The van der Waals surface area contributed by atoms with Crippen molar-refractivity contribution in [3.8, 4) is 0 Å². The maximum Gasteiger partial charge on any atom is 0.178 e. The van der Waals surface area contributed by atoms with E-state index in [4.69, 9.17) is 5.73 Å². The zero-order valence-electron chi connectivity index (χ0n) is 10.7. The Morgan fingerprint density at radius 1 is 1.39 bits per heavy atom. The summed E-state index contributed by atoms with van der Waals surface area (Å²) in [5.74, 6) is 0.287. The van der Waals surface area contributed by atoms with Crippen LogP contribution in [-0.2, 0) is 22.7 Å². The van der Waals surface area contributed by atoms with Gasteiger partial charge in [-0.25, -0.2) is 8.42 Å². The number of fused-ring (bicyclic) bond motifs is 1. The normalized spacial score (nSPS) is 17.7. The standard InChI is InChI=1S/C13H20N2O2S/c1-15(10-14)7-6-11-4-5-13-12(9-11)3-2-8-18(13,16)17/h4-5,9H,2-3,6-8,10,14H2,1H3. The van der Waals surface area contributed by atoms with Crippen LogP contribution in [0.1, 0.15) is 17.5 Å². The van der Waals surface area contributed by atoms with Gasteiger partial charge in [0.1, 0.15) is 0 Å². The highest BCUT2D eigenvalue weighted by Crippen LogP contribution is 2.25. The summed E-state index contributed by atoms with van der Waals surface area (Å²) < 4.78 is 23.7. The Morgan fingerprint density at radius 2 is 2.17 bits per heavy atom. The van der Waals surface area contributed by atoms with Crippen molar-refractivity contribution in [3.05, 3.63) is 29.3 Å². The lowest BCUT2D eigenvalue weighted by Crippen LogP contribution is -2.27. The summed E-state index contributed by atoms with van der Waals surface area (Å²) in [5.41, 5.74) is 7.70. The molecule has 0 radical (unpaired) electrons. The van der Waals surface area contributed by atoms with Crippen LogP contribution in [0.15, 0.2) is 23.1 Å². The minimum Gasteiger partial charge on any atom is -0.318 e. The van der Waals surface area contributed by atoms with Crippen LogP contribution in [-0.4, -0.2) is 39.3 Å². The molecule has 18 heavy (non-hydrogen) atoms. The number of rotatable bonds is 4. The van der Waals surface area contributed by atoms with Gasteiger partial charge in [-0.2, -0.15) is 0 Å². The van der Waals surface area contributed by atoms with Crippen LogP contribution >= 0.6 is 0 Å². The van der Waals surface area contributed by atoms with E-state index < -0.39 is 9.84 Å². The second-order valence-electron chi connectivity index (χ2n) is 4.88. The highest BCUT2D eigenvalue weighted by molar-refractivity contribution is 7.91. The molecule has 1 aromatic rings. The fourth-order valence-corrected chi connectivity index (χ4v) is 3.84. The summed E-state index contributed by atoms with van der Waals surface area (Å²) in [4.78, 5) is 2.57. The average molecular weight is 268 g/mol. The van der Waals surface area contributed by atoms with Crippen LogP contribution in [0.2, 0.25) is 0 Å². The first-order chi connectivity index (χ1) is 8.53. The van der Waals surface area contributed by atoms with Gasteiger partial charge in [0.25, 0.3) is 0 Å². The van der Waals surface area contributed by atoms with E-state index in [2.05, 4.69) is 0 Å². The van der Waals surface area contributed by atoms with E-state index in [0.29, 0.717) is 11.6 Å². The van der Waals surface area contributed by atoms with Crippen molar-refractivity contribution in [1.29, 1.82) is 0 Å². The molecule has 0 aliphatic carbocycles. The molecule has 0 atom stereocenters. The number of aryl methyl sites for hydroxylation is 1. The van der Waals surface area contributed by atoms with E-state index in [1.165, 1.54) is 5.56 Å². The van der Waals surface area contributed by atoms with Crippen molar-refractivity contribution in [2.75, 3.05) is 26.0 Å². The van der Waals surface area contributed by atoms with E-state index in [1.54, 1.807) is 6.07 Å². The number of likely N-dealkylation sites (N-methyl/N-ethyl adjacent to an activating group) is 1. The van der Waals surface area contributed by atoms with Gasteiger partial charge in [-0.05, 0) is 43.5 Å². The number of benzene rings is 1. The van der Waals surface area contributed by atoms with Crippen molar-refractivity contribution < 1.29 is 8.42 Å². The van der Waals surface area contributed by atoms with Gasteiger partial charge in [0.05, 0.1) is 10.6 Å². The summed E-state index contributed by atoms with van der Waals surface area (Å²) in [7, 11) is -1.05. The van der Waals surface area contributed by atoms with Crippen molar-refractivity contribution in [2.45, 2.75) is 24.2 Å². The highest BCUT2D eigenvalue weighted by Gasteiger charge is 2.23. The zero-order chi connectivity index (χ0) is 13.2. The molecule has 4 nitrogen and oxygen atoms in total. The Balaban J connectivity index is 2.18. The minimum absolute atomic E-state index is 0.287. The predicted octanol–water partition coefficient (Wildman–Crippen LogP) is 0.797. The van der Waals surface area contributed by atoms with Gasteiger partial charge >= 0.3 is 0 Å². The fourth-order valence-electron chi connectivity index (χ4n) is 2.26. The molecule has 0 aromatic heterocycles. The zero-order valence-corrected chi connectivity index (χ0v) is 11.5. The molecule has 1 heterocycles. The third kappa shape index (κ3) is 2.91. The summed E-state index contributed by atoms with van der Waals surface area (Å²) in [6.45, 7) is 1.43. The molecule has 0 amide bonds. The number of nitrogens with two attached hydrogens (primary N) is 1. The molecule has 2 rings (SSSR count). The summed E-state index contributed by atoms with van der Waals surface area (Å²) >= 11 is 0. The van der Waals surface area contributed by atoms with E-state index in [-0.39, 0.29) is 5.75 Å². The van der Waals surface area contributed by atoms with E-state index in [0.717, 1.165) is 31.4 Å². The quantitative estimate of drug-likeness (QED) is 0.820. The molecular formula is C13H20N2O2S. The third-order valence-electron chi connectivity index (χ3n) is 3.41. The maximum absolute atomic E-state index is 11.9. The Kier molecular flexibility index (Phi) is 4.04. The number of nitrogens with zero attached hydrogens (tertiary/aromatic N) is 1. The largest absolute Gasteiger partial charge is 0.318 e. The Hall–Kier alpha value is -0.910. The van der Waals surface area contributed by atoms with Crippen molar-refractivity contribution in [3.63, 3.8) is 0 Å². The summed E-state index contributed by atoms with van der Waals surface area (Å²) in [6.07, 6.45) is 2.51. The smallest absolute Gasteiger partial charge is 0.178 e. The van der Waals surface area contributed by atoms with Crippen LogP contribution in [0.4, 0.5) is 0 Å². The van der Waals surface area contributed by atoms with Crippen LogP contribution in [0.25, 0.3) is 0 Å². The van der Waals surface area contributed by atoms with E-state index >= 15 is 0 Å². The third-order valence-corrected chi connectivity index (χ3v) is 5.31. The second kappa shape index (κ2) is 5.38. The van der Waals surface area contributed by atoms with Gasteiger partial charge in [-0.1, -0.05) is 12.1 Å². The summed E-state index contributed by atoms with van der Waals surface area (Å²) in [6, 6.07) is 5.73. The number of sulfone groups is 1. The Labute approximate surface area is 109 Å². The van der Waals surface area contributed by atoms with Gasteiger partial charge in [0.2, 0.25) is 0 Å². The lowest BCUT2D eigenvalue weighted by Gasteiger charge is -2.18. The van der Waals surface area contributed by atoms with Crippen molar-refractivity contribution in [2.24, 2.45) is 5.73 Å². The minimum atomic E-state index is -3.03. The lowest BCUT2D eigenvalue weighted by molar-refractivity contribution is 0.349. The SMILES string of the molecule is CN(CN)CCc1ccc2c(c1)CCCS2(=O)=O. The van der Waals surface area contributed by atoms with Crippen molar-refractivity contribution >= 4 is 9.84 Å². The van der Waals surface area contributed by atoms with Crippen LogP contribution in [0.3, 0.4) is 0 Å². The van der Waals surface area contributed by atoms with E-state index in [1.807, 2.05) is 24.1 Å². The van der Waals surface area contributed by atoms with Crippen LogP contribution < -0.4 is 5.73 Å². The second-order valence-corrected chi connectivity index (χ2v) is 6.95. The first-order valence-electron chi connectivity index (χ1n) is 6.26. The molecule has 5 heteroatoms. The van der Waals surface area contributed by atoms with Gasteiger partial charge in [-0.3, -0.25) is 4.90 Å². The molecule has 100 valence electrons. The average Bonchev–Trinajstić information content (AvgIpc) is 2.35. The lowest BCUT2D eigenvalue weighted by atomic mass is 10.0. The van der Waals surface area contributed by atoms with Crippen molar-refractivity contribution in [1.82, 2.24) is 4.90 Å². The molecule has 0 fully saturated rings. The van der Waals surface area contributed by atoms with Crippen LogP contribution in [0.5, 0.6) is 0 Å². The Bertz CT molecular complexity index is 526. The van der Waals surface area contributed by atoms with Gasteiger partial charge in [0, 0.05) is 13.2 Å². The first-order valence-corrected chi connectivity index (χ1v) is 7.91. The highest BCUT2D eigenvalue weighted by atomic mass is 32.2. The maximum atomic E-state index is 11.9. The Morgan fingerprint density at radius 3 is 2.89 bits per heavy atom. The molecule has 0 saturated heterocycles. The first kappa shape index (κ1) is 13.5. The molecule has 1 aliphatic rings. The molecule has 2 N–H and O–H groups in total. The molecule has 0 spiro atoms. The van der Waals surface area contributed by atoms with Crippen LogP contribution in [0, 0.1) is 0 Å². The topological polar surface area (TPSA) is 63.4 Å². The van der Waals surface area contributed by atoms with E-state index in [9.17, 15) is 8.42 Å². The molecule has 1 aromatic carbocycles. The monoisotopic (exact) mass is 268 g/mol. The number of hydrogen-bond acceptors (Lipinski definition) is 4. The molecular weight excluding hydrogens is 248 g/mol. The van der Waals surface area contributed by atoms with Gasteiger partial charge in [-0.15, -0.1) is 0 Å². The molecule has 0 bridgehead atoms. The molecule has 0 saturated carbocycles. The fraction of sp³-hybridized carbons (Fsp3) is 0.538. The predicted molar refractivity (Wildman–Crippen MR) is 72.2 cm³/mol. The van der Waals surface area contributed by atoms with Gasteiger partial charge < -0.3 is 5.73 Å². The molecule has 0 unspecified atom stereocenters. The number of hydrogen-bond donors (Lipinski definition) is 1.